The molecular formula is C13H19N3. The molecule has 1 aromatic carbocycles. The van der Waals surface area contributed by atoms with Crippen LogP contribution in [0, 0.1) is 0 Å². The van der Waals surface area contributed by atoms with E-state index in [4.69, 9.17) is 0 Å². The average molecular weight is 217 g/mol. The standard InChI is InChI=1S/C13H19N3/c1-2-5-13(6-3-1)15-7-4-10-16-11-8-14-9-12-16/h1-7,14-15H,8-12H2. The minimum Gasteiger partial charge on any atom is -0.362 e. The maximum atomic E-state index is 3.35. The molecule has 3 nitrogen and oxygen atoms in total. The fraction of sp³-hybridized carbons (Fsp3) is 0.385. The summed E-state index contributed by atoms with van der Waals surface area (Å²) in [6.45, 7) is 5.55. The number of rotatable bonds is 4. The van der Waals surface area contributed by atoms with Crippen LogP contribution in [0.2, 0.25) is 0 Å². The fourth-order valence-electron chi connectivity index (χ4n) is 1.79. The Labute approximate surface area is 97.2 Å². The number of nitrogens with zero attached hydrogens (tertiary/aromatic N) is 1. The average Bonchev–Trinajstić information content (AvgIpc) is 2.37. The first kappa shape index (κ1) is 11.2. The van der Waals surface area contributed by atoms with Gasteiger partial charge in [-0.25, -0.2) is 0 Å². The molecular weight excluding hydrogens is 198 g/mol. The van der Waals surface area contributed by atoms with Crippen molar-refractivity contribution in [3.63, 3.8) is 0 Å². The zero-order chi connectivity index (χ0) is 11.1. The summed E-state index contributed by atoms with van der Waals surface area (Å²) in [6.07, 6.45) is 4.20. The van der Waals surface area contributed by atoms with Gasteiger partial charge in [-0.05, 0) is 18.3 Å². The molecule has 1 heterocycles. The van der Waals surface area contributed by atoms with Crippen LogP contribution in [0.4, 0.5) is 5.69 Å². The molecule has 3 heteroatoms. The van der Waals surface area contributed by atoms with Crippen molar-refractivity contribution in [2.45, 2.75) is 0 Å². The summed E-state index contributed by atoms with van der Waals surface area (Å²) in [4.78, 5) is 2.44. The minimum absolute atomic E-state index is 1.03. The van der Waals surface area contributed by atoms with E-state index in [1.807, 2.05) is 24.4 Å². The zero-order valence-corrected chi connectivity index (χ0v) is 9.52. The Morgan fingerprint density at radius 1 is 1.19 bits per heavy atom. The molecule has 0 saturated carbocycles. The summed E-state index contributed by atoms with van der Waals surface area (Å²) in [5.74, 6) is 0. The van der Waals surface area contributed by atoms with Crippen LogP contribution >= 0.6 is 0 Å². The van der Waals surface area contributed by atoms with Crippen molar-refractivity contribution in [3.05, 3.63) is 42.6 Å². The molecule has 0 aromatic heterocycles. The molecule has 86 valence electrons. The van der Waals surface area contributed by atoms with Gasteiger partial charge in [-0.3, -0.25) is 4.90 Å². The third-order valence-corrected chi connectivity index (χ3v) is 2.71. The molecule has 0 radical (unpaired) electrons. The second-order valence-corrected chi connectivity index (χ2v) is 3.96. The second kappa shape index (κ2) is 6.30. The Balaban J connectivity index is 1.69. The van der Waals surface area contributed by atoms with Crippen LogP contribution in [-0.2, 0) is 0 Å². The number of para-hydroxylation sites is 1. The van der Waals surface area contributed by atoms with Gasteiger partial charge in [0.05, 0.1) is 0 Å². The Morgan fingerprint density at radius 2 is 1.94 bits per heavy atom. The molecule has 0 spiro atoms. The number of piperazine rings is 1. The van der Waals surface area contributed by atoms with Gasteiger partial charge in [-0.15, -0.1) is 0 Å². The molecule has 1 aromatic rings. The van der Waals surface area contributed by atoms with E-state index in [0.717, 1.165) is 38.4 Å². The Kier molecular flexibility index (Phi) is 4.40. The van der Waals surface area contributed by atoms with E-state index >= 15 is 0 Å². The zero-order valence-electron chi connectivity index (χ0n) is 9.52. The molecule has 0 bridgehead atoms. The summed E-state index contributed by atoms with van der Waals surface area (Å²) in [5, 5.41) is 6.61. The largest absolute Gasteiger partial charge is 0.362 e. The van der Waals surface area contributed by atoms with E-state index < -0.39 is 0 Å². The van der Waals surface area contributed by atoms with Crippen LogP contribution in [0.1, 0.15) is 0 Å². The number of nitrogens with one attached hydrogen (secondary N) is 2. The van der Waals surface area contributed by atoms with Crippen molar-refractivity contribution in [2.24, 2.45) is 0 Å². The molecule has 16 heavy (non-hydrogen) atoms. The van der Waals surface area contributed by atoms with Gasteiger partial charge in [-0.1, -0.05) is 24.3 Å². The normalized spacial score (nSPS) is 17.8. The summed E-state index contributed by atoms with van der Waals surface area (Å²) < 4.78 is 0. The quantitative estimate of drug-likeness (QED) is 0.800. The van der Waals surface area contributed by atoms with Gasteiger partial charge in [0.15, 0.2) is 0 Å². The number of anilines is 1. The van der Waals surface area contributed by atoms with Gasteiger partial charge in [0.2, 0.25) is 0 Å². The Bertz CT molecular complexity index is 315. The van der Waals surface area contributed by atoms with Crippen LogP contribution in [0.5, 0.6) is 0 Å². The highest BCUT2D eigenvalue weighted by atomic mass is 15.2. The lowest BCUT2D eigenvalue weighted by atomic mass is 10.3. The van der Waals surface area contributed by atoms with Gasteiger partial charge in [0.1, 0.15) is 0 Å². The van der Waals surface area contributed by atoms with E-state index in [-0.39, 0.29) is 0 Å². The summed E-state index contributed by atoms with van der Waals surface area (Å²) >= 11 is 0. The third kappa shape index (κ3) is 3.68. The van der Waals surface area contributed by atoms with Crippen LogP contribution in [0.25, 0.3) is 0 Å². The fourth-order valence-corrected chi connectivity index (χ4v) is 1.79. The van der Waals surface area contributed by atoms with Crippen LogP contribution in [0.15, 0.2) is 42.6 Å². The molecule has 0 unspecified atom stereocenters. The highest BCUT2D eigenvalue weighted by molar-refractivity contribution is 5.44. The van der Waals surface area contributed by atoms with E-state index in [0.29, 0.717) is 0 Å². The van der Waals surface area contributed by atoms with Crippen molar-refractivity contribution in [1.29, 1.82) is 0 Å². The van der Waals surface area contributed by atoms with E-state index in [9.17, 15) is 0 Å². The number of hydrogen-bond acceptors (Lipinski definition) is 3. The van der Waals surface area contributed by atoms with E-state index in [1.54, 1.807) is 0 Å². The predicted octanol–water partition coefficient (Wildman–Crippen LogP) is 1.52. The van der Waals surface area contributed by atoms with Crippen molar-refractivity contribution in [3.8, 4) is 0 Å². The topological polar surface area (TPSA) is 27.3 Å². The lowest BCUT2D eigenvalue weighted by Crippen LogP contribution is -2.43. The number of benzene rings is 1. The van der Waals surface area contributed by atoms with Crippen LogP contribution in [0.3, 0.4) is 0 Å². The first-order chi connectivity index (χ1) is 7.95. The van der Waals surface area contributed by atoms with Gasteiger partial charge in [-0.2, -0.15) is 0 Å². The van der Waals surface area contributed by atoms with E-state index in [1.165, 1.54) is 0 Å². The van der Waals surface area contributed by atoms with Crippen LogP contribution in [-0.4, -0.2) is 37.6 Å². The SMILES string of the molecule is C(=CNc1ccccc1)CN1CCNCC1. The first-order valence-corrected chi connectivity index (χ1v) is 5.85. The van der Waals surface area contributed by atoms with E-state index in [2.05, 4.69) is 33.7 Å². The molecule has 0 atom stereocenters. The molecule has 1 saturated heterocycles. The maximum Gasteiger partial charge on any atom is 0.0379 e. The highest BCUT2D eigenvalue weighted by Gasteiger charge is 2.06. The second-order valence-electron chi connectivity index (χ2n) is 3.96. The van der Waals surface area contributed by atoms with Gasteiger partial charge >= 0.3 is 0 Å². The molecule has 2 rings (SSSR count). The molecule has 1 aliphatic rings. The monoisotopic (exact) mass is 217 g/mol. The summed E-state index contributed by atoms with van der Waals surface area (Å²) in [7, 11) is 0. The van der Waals surface area contributed by atoms with Crippen molar-refractivity contribution in [1.82, 2.24) is 10.2 Å². The first-order valence-electron chi connectivity index (χ1n) is 5.85. The Hall–Kier alpha value is -1.32. The molecule has 2 N–H and O–H groups in total. The van der Waals surface area contributed by atoms with Crippen LogP contribution < -0.4 is 10.6 Å². The van der Waals surface area contributed by atoms with Crippen molar-refractivity contribution < 1.29 is 0 Å². The lowest BCUT2D eigenvalue weighted by molar-refractivity contribution is 0.265. The third-order valence-electron chi connectivity index (χ3n) is 2.71. The number of hydrogen-bond donors (Lipinski definition) is 2. The van der Waals surface area contributed by atoms with Crippen molar-refractivity contribution in [2.75, 3.05) is 38.0 Å². The molecule has 0 amide bonds. The van der Waals surface area contributed by atoms with Gasteiger partial charge in [0, 0.05) is 38.4 Å². The highest BCUT2D eigenvalue weighted by Crippen LogP contribution is 2.04. The van der Waals surface area contributed by atoms with Crippen molar-refractivity contribution >= 4 is 5.69 Å². The van der Waals surface area contributed by atoms with Gasteiger partial charge in [0.25, 0.3) is 0 Å². The minimum atomic E-state index is 1.03. The molecule has 1 fully saturated rings. The van der Waals surface area contributed by atoms with Gasteiger partial charge < -0.3 is 10.6 Å². The Morgan fingerprint density at radius 3 is 2.69 bits per heavy atom. The smallest absolute Gasteiger partial charge is 0.0379 e. The lowest BCUT2D eigenvalue weighted by Gasteiger charge is -2.25. The molecule has 0 aliphatic carbocycles. The predicted molar refractivity (Wildman–Crippen MR) is 68.5 cm³/mol. The summed E-state index contributed by atoms with van der Waals surface area (Å²) in [6, 6.07) is 10.2. The summed E-state index contributed by atoms with van der Waals surface area (Å²) in [5.41, 5.74) is 1.14. The maximum absolute atomic E-state index is 3.35. The molecule has 1 aliphatic heterocycles.